The molecule has 6 heteroatoms. The second kappa shape index (κ2) is 7.96. The molecule has 0 radical (unpaired) electrons. The number of aromatic nitrogens is 1. The highest BCUT2D eigenvalue weighted by atomic mass is 16.4. The number of hydrogen-bond acceptors (Lipinski definition) is 4. The average molecular weight is 344 g/mol. The van der Waals surface area contributed by atoms with Crippen LogP contribution in [0.1, 0.15) is 38.1 Å². The number of nitrogens with zero attached hydrogens (tertiary/aromatic N) is 1. The van der Waals surface area contributed by atoms with E-state index in [4.69, 9.17) is 4.42 Å². The molecule has 0 spiro atoms. The zero-order valence-corrected chi connectivity index (χ0v) is 14.8. The molecule has 0 aliphatic rings. The van der Waals surface area contributed by atoms with Gasteiger partial charge in [0.2, 0.25) is 11.8 Å². The number of carboxylic acids is 1. The number of aryl methyl sites for hydroxylation is 1. The highest BCUT2D eigenvalue weighted by Gasteiger charge is 2.35. The Morgan fingerprint density at radius 2 is 1.84 bits per heavy atom. The Hall–Kier alpha value is -2.63. The van der Waals surface area contributed by atoms with E-state index in [-0.39, 0.29) is 18.9 Å². The maximum absolute atomic E-state index is 12.2. The lowest BCUT2D eigenvalue weighted by molar-refractivity contribution is -0.149. The second-order valence-electron chi connectivity index (χ2n) is 6.13. The van der Waals surface area contributed by atoms with E-state index in [1.54, 1.807) is 6.92 Å². The van der Waals surface area contributed by atoms with Crippen molar-refractivity contribution in [3.05, 3.63) is 41.8 Å². The van der Waals surface area contributed by atoms with Crippen LogP contribution in [0.3, 0.4) is 0 Å². The van der Waals surface area contributed by atoms with Gasteiger partial charge in [0.1, 0.15) is 5.76 Å². The summed E-state index contributed by atoms with van der Waals surface area (Å²) in [5, 5.41) is 12.2. The van der Waals surface area contributed by atoms with Crippen molar-refractivity contribution in [1.82, 2.24) is 10.3 Å². The molecule has 2 aromatic rings. The number of carbonyl (C=O) groups is 2. The Bertz CT molecular complexity index is 733. The molecule has 1 aromatic carbocycles. The zero-order valence-electron chi connectivity index (χ0n) is 14.8. The predicted molar refractivity (Wildman–Crippen MR) is 94.0 cm³/mol. The maximum atomic E-state index is 12.2. The summed E-state index contributed by atoms with van der Waals surface area (Å²) in [7, 11) is 0. The molecule has 0 atom stereocenters. The molecule has 25 heavy (non-hydrogen) atoms. The van der Waals surface area contributed by atoms with E-state index in [0.717, 1.165) is 5.56 Å². The summed E-state index contributed by atoms with van der Waals surface area (Å²) in [5.74, 6) is -0.0855. The average Bonchev–Trinajstić information content (AvgIpc) is 2.97. The fraction of sp³-hybridized carbons (Fsp3) is 0.421. The van der Waals surface area contributed by atoms with Gasteiger partial charge in [-0.2, -0.15) is 0 Å². The van der Waals surface area contributed by atoms with Crippen molar-refractivity contribution in [2.24, 2.45) is 5.41 Å². The van der Waals surface area contributed by atoms with Crippen LogP contribution in [0.2, 0.25) is 0 Å². The standard InChI is InChI=1S/C19H24N2O4/c1-4-19(5-2,18(23)24)12-20-16(22)11-15-13(3)25-17(21-15)14-9-7-6-8-10-14/h6-10H,4-5,11-12H2,1-3H3,(H,20,22)(H,23,24). The minimum Gasteiger partial charge on any atom is -0.481 e. The van der Waals surface area contributed by atoms with Crippen molar-refractivity contribution in [1.29, 1.82) is 0 Å². The van der Waals surface area contributed by atoms with E-state index < -0.39 is 11.4 Å². The monoisotopic (exact) mass is 344 g/mol. The summed E-state index contributed by atoms with van der Waals surface area (Å²) in [6, 6.07) is 9.46. The summed E-state index contributed by atoms with van der Waals surface area (Å²) in [4.78, 5) is 28.1. The number of oxazole rings is 1. The van der Waals surface area contributed by atoms with Crippen LogP contribution < -0.4 is 5.32 Å². The second-order valence-corrected chi connectivity index (χ2v) is 6.13. The first kappa shape index (κ1) is 18.7. The molecule has 0 aliphatic heterocycles. The largest absolute Gasteiger partial charge is 0.481 e. The molecule has 0 bridgehead atoms. The van der Waals surface area contributed by atoms with Gasteiger partial charge in [-0.15, -0.1) is 0 Å². The van der Waals surface area contributed by atoms with Gasteiger partial charge in [0.25, 0.3) is 0 Å². The Morgan fingerprint density at radius 1 is 1.20 bits per heavy atom. The maximum Gasteiger partial charge on any atom is 0.311 e. The Morgan fingerprint density at radius 3 is 2.40 bits per heavy atom. The molecule has 6 nitrogen and oxygen atoms in total. The molecule has 1 aromatic heterocycles. The van der Waals surface area contributed by atoms with Crippen molar-refractivity contribution in [3.8, 4) is 11.5 Å². The molecule has 0 aliphatic carbocycles. The summed E-state index contributed by atoms with van der Waals surface area (Å²) in [5.41, 5.74) is 0.480. The van der Waals surface area contributed by atoms with Crippen molar-refractivity contribution >= 4 is 11.9 Å². The van der Waals surface area contributed by atoms with Crippen LogP contribution >= 0.6 is 0 Å². The smallest absolute Gasteiger partial charge is 0.311 e. The molecular formula is C19H24N2O4. The molecule has 2 N–H and O–H groups in total. The van der Waals surface area contributed by atoms with Gasteiger partial charge in [0.05, 0.1) is 17.5 Å². The summed E-state index contributed by atoms with van der Waals surface area (Å²) >= 11 is 0. The fourth-order valence-electron chi connectivity index (χ4n) is 2.66. The van der Waals surface area contributed by atoms with Crippen LogP contribution in [0.4, 0.5) is 0 Å². The van der Waals surface area contributed by atoms with E-state index >= 15 is 0 Å². The minimum atomic E-state index is -0.927. The van der Waals surface area contributed by atoms with Gasteiger partial charge >= 0.3 is 5.97 Å². The number of nitrogens with one attached hydrogen (secondary N) is 1. The third kappa shape index (κ3) is 4.26. The SMILES string of the molecule is CCC(CC)(CNC(=O)Cc1nc(-c2ccccc2)oc1C)C(=O)O. The normalized spacial score (nSPS) is 11.3. The van der Waals surface area contributed by atoms with E-state index in [1.165, 1.54) is 0 Å². The number of amides is 1. The number of aliphatic carboxylic acids is 1. The first-order chi connectivity index (χ1) is 11.9. The van der Waals surface area contributed by atoms with E-state index in [1.807, 2.05) is 44.2 Å². The van der Waals surface area contributed by atoms with Gasteiger partial charge < -0.3 is 14.8 Å². The lowest BCUT2D eigenvalue weighted by Crippen LogP contribution is -2.42. The lowest BCUT2D eigenvalue weighted by atomic mass is 9.82. The number of carbonyl (C=O) groups excluding carboxylic acids is 1. The number of hydrogen-bond donors (Lipinski definition) is 2. The van der Waals surface area contributed by atoms with Crippen LogP contribution in [0, 0.1) is 12.3 Å². The van der Waals surface area contributed by atoms with Gasteiger partial charge in [-0.1, -0.05) is 32.0 Å². The van der Waals surface area contributed by atoms with E-state index in [0.29, 0.717) is 30.2 Å². The quantitative estimate of drug-likeness (QED) is 0.767. The predicted octanol–water partition coefficient (Wildman–Crippen LogP) is 3.20. The molecule has 0 saturated carbocycles. The molecule has 1 heterocycles. The van der Waals surface area contributed by atoms with Crippen molar-refractivity contribution in [2.75, 3.05) is 6.54 Å². The first-order valence-electron chi connectivity index (χ1n) is 8.43. The van der Waals surface area contributed by atoms with Gasteiger partial charge in [0.15, 0.2) is 0 Å². The Balaban J connectivity index is 2.04. The number of benzene rings is 1. The van der Waals surface area contributed by atoms with Crippen LogP contribution in [0.15, 0.2) is 34.7 Å². The lowest BCUT2D eigenvalue weighted by Gasteiger charge is -2.26. The van der Waals surface area contributed by atoms with Crippen LogP contribution in [0.25, 0.3) is 11.5 Å². The third-order valence-electron chi connectivity index (χ3n) is 4.67. The van der Waals surface area contributed by atoms with E-state index in [9.17, 15) is 14.7 Å². The van der Waals surface area contributed by atoms with Gasteiger partial charge in [0, 0.05) is 12.1 Å². The van der Waals surface area contributed by atoms with Gasteiger partial charge in [-0.25, -0.2) is 4.98 Å². The summed E-state index contributed by atoms with van der Waals surface area (Å²) < 4.78 is 5.64. The molecule has 0 unspecified atom stereocenters. The number of carboxylic acid groups (broad SMARTS) is 1. The van der Waals surface area contributed by atoms with Crippen molar-refractivity contribution in [2.45, 2.75) is 40.0 Å². The zero-order chi connectivity index (χ0) is 18.4. The molecular weight excluding hydrogens is 320 g/mol. The van der Waals surface area contributed by atoms with Crippen LogP contribution in [-0.2, 0) is 16.0 Å². The van der Waals surface area contributed by atoms with Gasteiger partial charge in [-0.3, -0.25) is 9.59 Å². The third-order valence-corrected chi connectivity index (χ3v) is 4.67. The minimum absolute atomic E-state index is 0.0608. The molecule has 0 fully saturated rings. The fourth-order valence-corrected chi connectivity index (χ4v) is 2.66. The Kier molecular flexibility index (Phi) is 5.96. The van der Waals surface area contributed by atoms with Crippen molar-refractivity contribution < 1.29 is 19.1 Å². The summed E-state index contributed by atoms with van der Waals surface area (Å²) in [6.45, 7) is 5.51. The Labute approximate surface area is 147 Å². The van der Waals surface area contributed by atoms with Crippen LogP contribution in [-0.4, -0.2) is 28.5 Å². The summed E-state index contributed by atoms with van der Waals surface area (Å²) in [6.07, 6.45) is 0.978. The van der Waals surface area contributed by atoms with E-state index in [2.05, 4.69) is 10.3 Å². The number of rotatable bonds is 8. The van der Waals surface area contributed by atoms with Crippen LogP contribution in [0.5, 0.6) is 0 Å². The highest BCUT2D eigenvalue weighted by Crippen LogP contribution is 2.26. The molecule has 134 valence electrons. The first-order valence-corrected chi connectivity index (χ1v) is 8.43. The molecule has 0 saturated heterocycles. The topological polar surface area (TPSA) is 92.4 Å². The van der Waals surface area contributed by atoms with Gasteiger partial charge in [-0.05, 0) is 31.9 Å². The molecule has 1 amide bonds. The molecule has 2 rings (SSSR count). The van der Waals surface area contributed by atoms with Crippen molar-refractivity contribution in [3.63, 3.8) is 0 Å². The highest BCUT2D eigenvalue weighted by molar-refractivity contribution is 5.80.